The van der Waals surface area contributed by atoms with Crippen LogP contribution in [-0.4, -0.2) is 33.8 Å². The fourth-order valence-corrected chi connectivity index (χ4v) is 2.61. The Morgan fingerprint density at radius 1 is 1.41 bits per heavy atom. The number of H-pyrrole nitrogens is 1. The average molecular weight is 321 g/mol. The lowest BCUT2D eigenvalue weighted by atomic mass is 10.0. The second kappa shape index (κ2) is 7.05. The number of amides is 1. The number of rotatable bonds is 7. The van der Waals surface area contributed by atoms with Gasteiger partial charge in [0.25, 0.3) is 0 Å². The molecular weight excluding hydrogens is 298 g/mol. The van der Waals surface area contributed by atoms with Gasteiger partial charge in [-0.05, 0) is 39.3 Å². The number of ether oxygens (including phenoxy) is 1. The van der Waals surface area contributed by atoms with E-state index in [4.69, 9.17) is 4.74 Å². The number of benzene rings is 1. The number of fused-ring (bicyclic) bond motifs is 1. The topological polar surface area (TPSA) is 67.0 Å². The number of aromatic amines is 1. The van der Waals surface area contributed by atoms with Crippen LogP contribution in [0.3, 0.4) is 0 Å². The van der Waals surface area contributed by atoms with Gasteiger partial charge >= 0.3 is 0 Å². The van der Waals surface area contributed by atoms with E-state index in [-0.39, 0.29) is 11.4 Å². The molecule has 0 radical (unpaired) electrons. The predicted molar refractivity (Wildman–Crippen MR) is 90.5 cm³/mol. The lowest BCUT2D eigenvalue weighted by molar-refractivity contribution is -0.120. The van der Waals surface area contributed by atoms with Crippen LogP contribution in [0.4, 0.5) is 0 Å². The zero-order chi connectivity index (χ0) is 16.2. The first-order valence-electron chi connectivity index (χ1n) is 7.50. The third kappa shape index (κ3) is 4.40. The zero-order valence-electron chi connectivity index (χ0n) is 13.5. The number of nitrogens with zero attached hydrogens (tertiary/aromatic N) is 1. The van der Waals surface area contributed by atoms with Gasteiger partial charge in [0.1, 0.15) is 5.75 Å². The van der Waals surface area contributed by atoms with E-state index in [1.165, 1.54) is 11.8 Å². The maximum absolute atomic E-state index is 12.0. The summed E-state index contributed by atoms with van der Waals surface area (Å²) in [7, 11) is 0. The van der Waals surface area contributed by atoms with E-state index in [0.29, 0.717) is 12.4 Å². The quantitative estimate of drug-likeness (QED) is 0.767. The van der Waals surface area contributed by atoms with Gasteiger partial charge in [0.05, 0.1) is 23.4 Å². The van der Waals surface area contributed by atoms with Crippen molar-refractivity contribution in [2.75, 3.05) is 12.4 Å². The van der Waals surface area contributed by atoms with Gasteiger partial charge in [-0.1, -0.05) is 18.7 Å². The summed E-state index contributed by atoms with van der Waals surface area (Å²) < 4.78 is 5.47. The third-order valence-corrected chi connectivity index (χ3v) is 4.32. The van der Waals surface area contributed by atoms with Crippen LogP contribution in [-0.2, 0) is 4.79 Å². The molecule has 1 aromatic heterocycles. The van der Waals surface area contributed by atoms with E-state index in [9.17, 15) is 4.79 Å². The number of nitrogens with one attached hydrogen (secondary N) is 2. The van der Waals surface area contributed by atoms with Crippen molar-refractivity contribution in [1.82, 2.24) is 15.3 Å². The number of carbonyl (C=O) groups excluding carboxylic acids is 1. The Bertz CT molecular complexity index is 652. The van der Waals surface area contributed by atoms with E-state index in [0.717, 1.165) is 28.4 Å². The number of hydrogen-bond donors (Lipinski definition) is 2. The number of thioether (sulfide) groups is 1. The van der Waals surface area contributed by atoms with Gasteiger partial charge in [-0.15, -0.1) is 0 Å². The van der Waals surface area contributed by atoms with Crippen LogP contribution in [0.5, 0.6) is 5.75 Å². The van der Waals surface area contributed by atoms with Crippen molar-refractivity contribution >= 4 is 28.7 Å². The molecular formula is C16H23N3O2S. The molecule has 0 atom stereocenters. The highest BCUT2D eigenvalue weighted by atomic mass is 32.2. The fraction of sp³-hybridized carbons (Fsp3) is 0.500. The van der Waals surface area contributed by atoms with Crippen molar-refractivity contribution in [3.05, 3.63) is 18.2 Å². The van der Waals surface area contributed by atoms with Crippen molar-refractivity contribution in [1.29, 1.82) is 0 Å². The highest BCUT2D eigenvalue weighted by Gasteiger charge is 2.18. The molecule has 0 saturated carbocycles. The molecule has 2 N–H and O–H groups in total. The minimum Gasteiger partial charge on any atom is -0.494 e. The minimum atomic E-state index is -0.169. The lowest BCUT2D eigenvalue weighted by Gasteiger charge is -2.24. The Labute approximate surface area is 135 Å². The largest absolute Gasteiger partial charge is 0.494 e. The molecule has 0 aliphatic rings. The molecule has 0 spiro atoms. The first kappa shape index (κ1) is 16.7. The molecule has 0 saturated heterocycles. The fourth-order valence-electron chi connectivity index (χ4n) is 1.93. The Kier molecular flexibility index (Phi) is 5.34. The molecule has 2 rings (SSSR count). The van der Waals surface area contributed by atoms with Gasteiger partial charge in [-0.2, -0.15) is 0 Å². The van der Waals surface area contributed by atoms with Crippen molar-refractivity contribution in [2.24, 2.45) is 0 Å². The van der Waals surface area contributed by atoms with Crippen LogP contribution in [0.1, 0.15) is 34.1 Å². The lowest BCUT2D eigenvalue weighted by Crippen LogP contribution is -2.43. The summed E-state index contributed by atoms with van der Waals surface area (Å²) in [5.41, 5.74) is 1.63. The van der Waals surface area contributed by atoms with E-state index in [1.807, 2.05) is 39.0 Å². The molecule has 2 aromatic rings. The summed E-state index contributed by atoms with van der Waals surface area (Å²) in [6.45, 7) is 8.68. The maximum Gasteiger partial charge on any atom is 0.230 e. The Morgan fingerprint density at radius 2 is 2.18 bits per heavy atom. The van der Waals surface area contributed by atoms with Crippen LogP contribution in [0.2, 0.25) is 0 Å². The molecule has 0 bridgehead atoms. The first-order chi connectivity index (χ1) is 10.4. The average Bonchev–Trinajstić information content (AvgIpc) is 2.87. The smallest absolute Gasteiger partial charge is 0.230 e. The van der Waals surface area contributed by atoms with Crippen molar-refractivity contribution in [2.45, 2.75) is 44.8 Å². The van der Waals surface area contributed by atoms with E-state index in [2.05, 4.69) is 22.2 Å². The number of carbonyl (C=O) groups is 1. The third-order valence-electron chi connectivity index (χ3n) is 3.44. The molecule has 6 heteroatoms. The highest BCUT2D eigenvalue weighted by molar-refractivity contribution is 7.99. The van der Waals surface area contributed by atoms with Crippen molar-refractivity contribution < 1.29 is 9.53 Å². The molecule has 1 heterocycles. The summed E-state index contributed by atoms with van der Waals surface area (Å²) in [4.78, 5) is 19.6. The molecule has 0 aliphatic heterocycles. The van der Waals surface area contributed by atoms with Crippen LogP contribution in [0.15, 0.2) is 23.4 Å². The van der Waals surface area contributed by atoms with E-state index >= 15 is 0 Å². The van der Waals surface area contributed by atoms with Crippen LogP contribution in [0.25, 0.3) is 11.0 Å². The second-order valence-electron chi connectivity index (χ2n) is 5.73. The van der Waals surface area contributed by atoms with Gasteiger partial charge < -0.3 is 15.0 Å². The van der Waals surface area contributed by atoms with Gasteiger partial charge in [-0.3, -0.25) is 4.79 Å². The molecule has 1 amide bonds. The molecule has 1 aromatic carbocycles. The van der Waals surface area contributed by atoms with Gasteiger partial charge in [0.2, 0.25) is 5.91 Å². The molecule has 0 unspecified atom stereocenters. The number of aromatic nitrogens is 2. The highest BCUT2D eigenvalue weighted by Crippen LogP contribution is 2.23. The Balaban J connectivity index is 1.98. The number of imidazole rings is 1. The minimum absolute atomic E-state index is 0.0207. The van der Waals surface area contributed by atoms with E-state index in [1.54, 1.807) is 0 Å². The SMILES string of the molecule is CCOc1ccc2nc(SCC(=O)NC(C)(C)CC)[nH]c2c1. The first-order valence-corrected chi connectivity index (χ1v) is 8.48. The van der Waals surface area contributed by atoms with Crippen LogP contribution < -0.4 is 10.1 Å². The maximum atomic E-state index is 12.0. The Hall–Kier alpha value is -1.69. The van der Waals surface area contributed by atoms with E-state index < -0.39 is 0 Å². The molecule has 0 aliphatic carbocycles. The Morgan fingerprint density at radius 3 is 2.86 bits per heavy atom. The normalized spacial score (nSPS) is 11.6. The summed E-state index contributed by atoms with van der Waals surface area (Å²) in [6.07, 6.45) is 0.897. The number of hydrogen-bond acceptors (Lipinski definition) is 4. The molecule has 22 heavy (non-hydrogen) atoms. The van der Waals surface area contributed by atoms with Crippen LogP contribution >= 0.6 is 11.8 Å². The van der Waals surface area contributed by atoms with Gasteiger partial charge in [0.15, 0.2) is 5.16 Å². The van der Waals surface area contributed by atoms with Gasteiger partial charge in [0, 0.05) is 11.6 Å². The molecule has 5 nitrogen and oxygen atoms in total. The monoisotopic (exact) mass is 321 g/mol. The van der Waals surface area contributed by atoms with Crippen molar-refractivity contribution in [3.8, 4) is 5.75 Å². The zero-order valence-corrected chi connectivity index (χ0v) is 14.3. The molecule has 120 valence electrons. The summed E-state index contributed by atoms with van der Waals surface area (Å²) in [5.74, 6) is 1.19. The van der Waals surface area contributed by atoms with Crippen LogP contribution in [0, 0.1) is 0 Å². The van der Waals surface area contributed by atoms with Gasteiger partial charge in [-0.25, -0.2) is 4.98 Å². The molecule has 0 fully saturated rings. The standard InChI is InChI=1S/C16H23N3O2S/c1-5-16(3,4)19-14(20)10-22-15-17-12-8-7-11(21-6-2)9-13(12)18-15/h7-9H,5-6,10H2,1-4H3,(H,17,18)(H,19,20). The predicted octanol–water partition coefficient (Wildman–Crippen LogP) is 3.36. The summed E-state index contributed by atoms with van der Waals surface area (Å²) in [6, 6.07) is 5.74. The summed E-state index contributed by atoms with van der Waals surface area (Å²) >= 11 is 1.41. The summed E-state index contributed by atoms with van der Waals surface area (Å²) in [5, 5.41) is 3.76. The van der Waals surface area contributed by atoms with Crippen molar-refractivity contribution in [3.63, 3.8) is 0 Å². The second-order valence-corrected chi connectivity index (χ2v) is 6.69.